The Balaban J connectivity index is 1.61. The van der Waals surface area contributed by atoms with E-state index in [1.54, 1.807) is 0 Å². The van der Waals surface area contributed by atoms with Crippen molar-refractivity contribution >= 4 is 0 Å². The van der Waals surface area contributed by atoms with Gasteiger partial charge in [-0.2, -0.15) is 0 Å². The molecule has 92 valence electrons. The number of rotatable bonds is 8. The molecule has 0 heterocycles. The minimum absolute atomic E-state index is 0.819. The maximum absolute atomic E-state index is 3.77. The van der Waals surface area contributed by atoms with E-state index in [1.807, 2.05) is 6.08 Å². The van der Waals surface area contributed by atoms with Crippen LogP contribution < -0.4 is 5.32 Å². The Labute approximate surface area is 101 Å². The highest BCUT2D eigenvalue weighted by Crippen LogP contribution is 2.59. The van der Waals surface area contributed by atoms with Gasteiger partial charge in [0.2, 0.25) is 0 Å². The second-order valence-corrected chi connectivity index (χ2v) is 5.66. The molecule has 0 spiro atoms. The van der Waals surface area contributed by atoms with E-state index >= 15 is 0 Å². The van der Waals surface area contributed by atoms with Crippen LogP contribution in [0.25, 0.3) is 0 Å². The van der Waals surface area contributed by atoms with E-state index < -0.39 is 0 Å². The second-order valence-electron chi connectivity index (χ2n) is 5.66. The Morgan fingerprint density at radius 3 is 2.62 bits per heavy atom. The van der Waals surface area contributed by atoms with E-state index in [0.29, 0.717) is 0 Å². The van der Waals surface area contributed by atoms with Gasteiger partial charge in [-0.05, 0) is 56.9 Å². The van der Waals surface area contributed by atoms with Crippen LogP contribution in [0, 0.1) is 17.8 Å². The molecule has 0 radical (unpaired) electrons. The molecule has 2 fully saturated rings. The van der Waals surface area contributed by atoms with Crippen molar-refractivity contribution in [1.82, 2.24) is 5.32 Å². The topological polar surface area (TPSA) is 12.0 Å². The van der Waals surface area contributed by atoms with Crippen molar-refractivity contribution in [1.29, 1.82) is 0 Å². The highest BCUT2D eigenvalue weighted by molar-refractivity contribution is 5.05. The molecule has 16 heavy (non-hydrogen) atoms. The number of nitrogens with one attached hydrogen (secondary N) is 1. The molecule has 0 aromatic rings. The molecule has 3 unspecified atom stereocenters. The molecule has 1 N–H and O–H groups in total. The lowest BCUT2D eigenvalue weighted by molar-refractivity contribution is 0.394. The number of unbranched alkanes of at least 4 members (excludes halogenated alkanes) is 3. The van der Waals surface area contributed by atoms with Crippen molar-refractivity contribution in [2.45, 2.75) is 57.4 Å². The smallest absolute Gasteiger partial charge is 0.00978 e. The van der Waals surface area contributed by atoms with Crippen LogP contribution in [-0.4, -0.2) is 13.1 Å². The van der Waals surface area contributed by atoms with Gasteiger partial charge in [0.05, 0.1) is 0 Å². The molecule has 3 atom stereocenters. The van der Waals surface area contributed by atoms with Crippen LogP contribution >= 0.6 is 0 Å². The fraction of sp³-hybridized carbons (Fsp3) is 0.867. The number of fused-ring (bicyclic) bond motifs is 1. The molecule has 0 saturated heterocycles. The fourth-order valence-electron chi connectivity index (χ4n) is 3.83. The summed E-state index contributed by atoms with van der Waals surface area (Å²) in [6.45, 7) is 3.77. The minimum Gasteiger partial charge on any atom is -0.317 e. The molecule has 2 rings (SSSR count). The van der Waals surface area contributed by atoms with Gasteiger partial charge < -0.3 is 5.32 Å². The molecular weight excluding hydrogens is 194 g/mol. The monoisotopic (exact) mass is 221 g/mol. The van der Waals surface area contributed by atoms with E-state index in [0.717, 1.165) is 23.8 Å². The quantitative estimate of drug-likeness (QED) is 0.486. The lowest BCUT2D eigenvalue weighted by atomic mass is 9.98. The molecule has 2 aliphatic rings. The van der Waals surface area contributed by atoms with Crippen LogP contribution in [0.4, 0.5) is 0 Å². The molecule has 2 aliphatic carbocycles. The first-order valence-corrected chi connectivity index (χ1v) is 7.16. The van der Waals surface area contributed by atoms with Gasteiger partial charge in [0.15, 0.2) is 0 Å². The van der Waals surface area contributed by atoms with Crippen LogP contribution in [0.15, 0.2) is 12.7 Å². The second kappa shape index (κ2) is 5.86. The van der Waals surface area contributed by atoms with Crippen molar-refractivity contribution in [3.63, 3.8) is 0 Å². The van der Waals surface area contributed by atoms with Gasteiger partial charge in [-0.3, -0.25) is 0 Å². The van der Waals surface area contributed by atoms with Gasteiger partial charge in [0.25, 0.3) is 0 Å². The first kappa shape index (κ1) is 12.2. The van der Waals surface area contributed by atoms with Gasteiger partial charge in [-0.25, -0.2) is 0 Å². The standard InChI is InChI=1S/C15H27N/c1-3-4-5-6-7-11-14(16-2)15-12-9-8-10-13(12)15/h3,12-16H,1,4-11H2,2H3. The van der Waals surface area contributed by atoms with Gasteiger partial charge in [0.1, 0.15) is 0 Å². The first-order valence-electron chi connectivity index (χ1n) is 7.16. The van der Waals surface area contributed by atoms with Crippen molar-refractivity contribution in [3.05, 3.63) is 12.7 Å². The summed E-state index contributed by atoms with van der Waals surface area (Å²) in [5, 5.41) is 3.56. The summed E-state index contributed by atoms with van der Waals surface area (Å²) in [6, 6.07) is 0.819. The van der Waals surface area contributed by atoms with E-state index in [2.05, 4.69) is 18.9 Å². The fourth-order valence-corrected chi connectivity index (χ4v) is 3.83. The number of hydrogen-bond donors (Lipinski definition) is 1. The van der Waals surface area contributed by atoms with Crippen LogP contribution in [0.1, 0.15) is 51.4 Å². The molecule has 0 aromatic carbocycles. The lowest BCUT2D eigenvalue weighted by Crippen LogP contribution is -2.29. The summed E-state index contributed by atoms with van der Waals surface area (Å²) < 4.78 is 0. The zero-order chi connectivity index (χ0) is 11.4. The van der Waals surface area contributed by atoms with Gasteiger partial charge in [-0.1, -0.05) is 25.3 Å². The van der Waals surface area contributed by atoms with E-state index in [4.69, 9.17) is 0 Å². The summed E-state index contributed by atoms with van der Waals surface area (Å²) >= 11 is 0. The van der Waals surface area contributed by atoms with Crippen molar-refractivity contribution < 1.29 is 0 Å². The largest absolute Gasteiger partial charge is 0.317 e. The number of allylic oxidation sites excluding steroid dienone is 1. The summed E-state index contributed by atoms with van der Waals surface area (Å²) in [7, 11) is 2.16. The average Bonchev–Trinajstić information content (AvgIpc) is 2.77. The zero-order valence-electron chi connectivity index (χ0n) is 10.8. The maximum atomic E-state index is 3.77. The Hall–Kier alpha value is -0.300. The Morgan fingerprint density at radius 1 is 1.25 bits per heavy atom. The summed E-state index contributed by atoms with van der Waals surface area (Å²) in [5.41, 5.74) is 0. The Morgan fingerprint density at radius 2 is 2.00 bits per heavy atom. The van der Waals surface area contributed by atoms with Gasteiger partial charge in [0, 0.05) is 6.04 Å². The first-order chi connectivity index (χ1) is 7.88. The molecule has 0 aromatic heterocycles. The van der Waals surface area contributed by atoms with E-state index in [9.17, 15) is 0 Å². The third-order valence-corrected chi connectivity index (χ3v) is 4.73. The average molecular weight is 221 g/mol. The summed E-state index contributed by atoms with van der Waals surface area (Å²) in [6.07, 6.45) is 13.3. The van der Waals surface area contributed by atoms with Crippen LogP contribution in [0.5, 0.6) is 0 Å². The van der Waals surface area contributed by atoms with Crippen LogP contribution in [0.3, 0.4) is 0 Å². The van der Waals surface area contributed by atoms with E-state index in [-0.39, 0.29) is 0 Å². The van der Waals surface area contributed by atoms with E-state index in [1.165, 1.54) is 51.4 Å². The SMILES string of the molecule is C=CCCCCCC(NC)C1C2CCCC21. The zero-order valence-corrected chi connectivity index (χ0v) is 10.8. The molecule has 1 nitrogen and oxygen atoms in total. The highest BCUT2D eigenvalue weighted by atomic mass is 14.9. The third-order valence-electron chi connectivity index (χ3n) is 4.73. The Kier molecular flexibility index (Phi) is 4.45. The van der Waals surface area contributed by atoms with Crippen LogP contribution in [-0.2, 0) is 0 Å². The van der Waals surface area contributed by atoms with Crippen molar-refractivity contribution in [3.8, 4) is 0 Å². The lowest BCUT2D eigenvalue weighted by Gasteiger charge is -2.18. The van der Waals surface area contributed by atoms with Gasteiger partial charge in [-0.15, -0.1) is 6.58 Å². The predicted octanol–water partition coefficient (Wildman–Crippen LogP) is 3.76. The molecule has 0 aliphatic heterocycles. The van der Waals surface area contributed by atoms with Crippen molar-refractivity contribution in [2.24, 2.45) is 17.8 Å². The maximum Gasteiger partial charge on any atom is 0.00978 e. The molecular formula is C15H27N. The number of hydrogen-bond acceptors (Lipinski definition) is 1. The molecule has 0 bridgehead atoms. The van der Waals surface area contributed by atoms with Crippen molar-refractivity contribution in [2.75, 3.05) is 7.05 Å². The third kappa shape index (κ3) is 2.68. The normalized spacial score (nSPS) is 33.4. The highest BCUT2D eigenvalue weighted by Gasteiger charge is 2.54. The van der Waals surface area contributed by atoms with Gasteiger partial charge >= 0.3 is 0 Å². The molecule has 0 amide bonds. The summed E-state index contributed by atoms with van der Waals surface area (Å²) in [4.78, 5) is 0. The molecule has 1 heteroatoms. The molecule has 2 saturated carbocycles. The predicted molar refractivity (Wildman–Crippen MR) is 70.5 cm³/mol. The van der Waals surface area contributed by atoms with Crippen LogP contribution in [0.2, 0.25) is 0 Å². The summed E-state index contributed by atoms with van der Waals surface area (Å²) in [5.74, 6) is 3.24. The Bertz CT molecular complexity index is 213. The minimum atomic E-state index is 0.819.